The van der Waals surface area contributed by atoms with Gasteiger partial charge in [-0.25, -0.2) is 0 Å². The van der Waals surface area contributed by atoms with E-state index in [4.69, 9.17) is 0 Å². The molecule has 3 heteroatoms. The molecule has 1 fully saturated rings. The highest BCUT2D eigenvalue weighted by Gasteiger charge is 2.30. The zero-order valence-electron chi connectivity index (χ0n) is 9.27. The Hall–Kier alpha value is -0.570. The second-order valence-electron chi connectivity index (χ2n) is 4.52. The van der Waals surface area contributed by atoms with Gasteiger partial charge >= 0.3 is 5.97 Å². The Morgan fingerprint density at radius 1 is 1.50 bits per heavy atom. The quantitative estimate of drug-likeness (QED) is 0.523. The third-order valence-electron chi connectivity index (χ3n) is 3.07. The molecule has 1 aliphatic rings. The minimum absolute atomic E-state index is 0.110. The number of ether oxygens (including phenoxy) is 1. The van der Waals surface area contributed by atoms with Crippen LogP contribution in [0.5, 0.6) is 0 Å². The SMILES string of the molecule is COC(=O)CCCNCC1(C)CCC1. The molecule has 14 heavy (non-hydrogen) atoms. The van der Waals surface area contributed by atoms with Crippen LogP contribution in [0.25, 0.3) is 0 Å². The molecule has 1 aliphatic carbocycles. The highest BCUT2D eigenvalue weighted by atomic mass is 16.5. The molecule has 3 nitrogen and oxygen atoms in total. The van der Waals surface area contributed by atoms with Crippen LogP contribution >= 0.6 is 0 Å². The lowest BCUT2D eigenvalue weighted by Gasteiger charge is -2.38. The maximum atomic E-state index is 10.8. The van der Waals surface area contributed by atoms with Crippen LogP contribution < -0.4 is 5.32 Å². The predicted molar refractivity (Wildman–Crippen MR) is 56.1 cm³/mol. The van der Waals surface area contributed by atoms with Crippen LogP contribution in [0.4, 0.5) is 0 Å². The smallest absolute Gasteiger partial charge is 0.305 e. The third-order valence-corrected chi connectivity index (χ3v) is 3.07. The number of rotatable bonds is 6. The second kappa shape index (κ2) is 5.35. The minimum Gasteiger partial charge on any atom is -0.469 e. The molecule has 0 amide bonds. The van der Waals surface area contributed by atoms with Crippen LogP contribution in [0.2, 0.25) is 0 Å². The number of methoxy groups -OCH3 is 1. The summed E-state index contributed by atoms with van der Waals surface area (Å²) in [4.78, 5) is 10.8. The van der Waals surface area contributed by atoms with Gasteiger partial charge in [0.2, 0.25) is 0 Å². The van der Waals surface area contributed by atoms with E-state index in [-0.39, 0.29) is 5.97 Å². The van der Waals surface area contributed by atoms with E-state index in [1.165, 1.54) is 26.4 Å². The number of esters is 1. The van der Waals surface area contributed by atoms with Gasteiger partial charge in [0, 0.05) is 13.0 Å². The van der Waals surface area contributed by atoms with E-state index in [1.807, 2.05) is 0 Å². The summed E-state index contributed by atoms with van der Waals surface area (Å²) in [6.07, 6.45) is 5.47. The number of carbonyl (C=O) groups excluding carboxylic acids is 1. The Morgan fingerprint density at radius 2 is 2.21 bits per heavy atom. The van der Waals surface area contributed by atoms with Crippen LogP contribution in [-0.4, -0.2) is 26.2 Å². The van der Waals surface area contributed by atoms with Crippen molar-refractivity contribution in [3.05, 3.63) is 0 Å². The third kappa shape index (κ3) is 3.66. The Morgan fingerprint density at radius 3 is 2.71 bits per heavy atom. The standard InChI is InChI=1S/C11H21NO2/c1-11(6-4-7-11)9-12-8-3-5-10(13)14-2/h12H,3-9H2,1-2H3. The molecule has 82 valence electrons. The first kappa shape index (κ1) is 11.5. The van der Waals surface area contributed by atoms with Gasteiger partial charge in [0.05, 0.1) is 7.11 Å². The van der Waals surface area contributed by atoms with Crippen LogP contribution in [-0.2, 0) is 9.53 Å². The van der Waals surface area contributed by atoms with E-state index in [2.05, 4.69) is 17.0 Å². The van der Waals surface area contributed by atoms with Gasteiger partial charge in [-0.05, 0) is 31.2 Å². The molecule has 0 spiro atoms. The number of nitrogens with one attached hydrogen (secondary N) is 1. The number of carbonyl (C=O) groups is 1. The van der Waals surface area contributed by atoms with E-state index in [1.54, 1.807) is 0 Å². The number of hydrogen-bond donors (Lipinski definition) is 1. The molecule has 0 heterocycles. The normalized spacial score (nSPS) is 18.7. The summed E-state index contributed by atoms with van der Waals surface area (Å²) < 4.78 is 4.56. The lowest BCUT2D eigenvalue weighted by molar-refractivity contribution is -0.140. The summed E-state index contributed by atoms with van der Waals surface area (Å²) >= 11 is 0. The van der Waals surface area contributed by atoms with Crippen LogP contribution in [0.15, 0.2) is 0 Å². The summed E-state index contributed by atoms with van der Waals surface area (Å²) in [5, 5.41) is 3.40. The molecule has 0 radical (unpaired) electrons. The summed E-state index contributed by atoms with van der Waals surface area (Å²) in [6, 6.07) is 0. The van der Waals surface area contributed by atoms with Gasteiger partial charge in [-0.1, -0.05) is 13.3 Å². The molecule has 0 aromatic rings. The fraction of sp³-hybridized carbons (Fsp3) is 0.909. The lowest BCUT2D eigenvalue weighted by atomic mass is 9.70. The highest BCUT2D eigenvalue weighted by molar-refractivity contribution is 5.69. The topological polar surface area (TPSA) is 38.3 Å². The average Bonchev–Trinajstić information content (AvgIpc) is 2.14. The van der Waals surface area contributed by atoms with E-state index in [0.717, 1.165) is 19.5 Å². The molecule has 0 unspecified atom stereocenters. The maximum absolute atomic E-state index is 10.8. The summed E-state index contributed by atoms with van der Waals surface area (Å²) in [5.41, 5.74) is 0.533. The van der Waals surface area contributed by atoms with Crippen molar-refractivity contribution in [1.82, 2.24) is 5.32 Å². The molecular weight excluding hydrogens is 178 g/mol. The van der Waals surface area contributed by atoms with E-state index >= 15 is 0 Å². The van der Waals surface area contributed by atoms with Crippen molar-refractivity contribution in [2.24, 2.45) is 5.41 Å². The molecule has 1 rings (SSSR count). The molecule has 0 saturated heterocycles. The van der Waals surface area contributed by atoms with Crippen molar-refractivity contribution in [3.8, 4) is 0 Å². The first-order chi connectivity index (χ1) is 6.66. The Kier molecular flexibility index (Phi) is 4.39. The Bertz CT molecular complexity index is 188. The highest BCUT2D eigenvalue weighted by Crippen LogP contribution is 2.39. The average molecular weight is 199 g/mol. The Balaban J connectivity index is 1.91. The summed E-state index contributed by atoms with van der Waals surface area (Å²) in [5.74, 6) is -0.110. The summed E-state index contributed by atoms with van der Waals surface area (Å²) in [6.45, 7) is 4.34. The zero-order chi connectivity index (χ0) is 10.4. The minimum atomic E-state index is -0.110. The second-order valence-corrected chi connectivity index (χ2v) is 4.52. The van der Waals surface area contributed by atoms with E-state index < -0.39 is 0 Å². The van der Waals surface area contributed by atoms with Gasteiger partial charge in [0.1, 0.15) is 0 Å². The zero-order valence-corrected chi connectivity index (χ0v) is 9.27. The van der Waals surface area contributed by atoms with Gasteiger partial charge < -0.3 is 10.1 Å². The monoisotopic (exact) mass is 199 g/mol. The van der Waals surface area contributed by atoms with Crippen molar-refractivity contribution >= 4 is 5.97 Å². The molecular formula is C11H21NO2. The van der Waals surface area contributed by atoms with Crippen molar-refractivity contribution in [2.75, 3.05) is 20.2 Å². The maximum Gasteiger partial charge on any atom is 0.305 e. The molecule has 0 atom stereocenters. The molecule has 1 N–H and O–H groups in total. The van der Waals surface area contributed by atoms with Crippen LogP contribution in [0, 0.1) is 5.41 Å². The fourth-order valence-corrected chi connectivity index (χ4v) is 1.81. The van der Waals surface area contributed by atoms with Crippen molar-refractivity contribution in [2.45, 2.75) is 39.0 Å². The van der Waals surface area contributed by atoms with Gasteiger partial charge in [-0.15, -0.1) is 0 Å². The van der Waals surface area contributed by atoms with Gasteiger partial charge in [0.25, 0.3) is 0 Å². The van der Waals surface area contributed by atoms with Crippen molar-refractivity contribution in [3.63, 3.8) is 0 Å². The van der Waals surface area contributed by atoms with Gasteiger partial charge in [0.15, 0.2) is 0 Å². The predicted octanol–water partition coefficient (Wildman–Crippen LogP) is 1.72. The number of hydrogen-bond acceptors (Lipinski definition) is 3. The van der Waals surface area contributed by atoms with Gasteiger partial charge in [-0.3, -0.25) is 4.79 Å². The van der Waals surface area contributed by atoms with E-state index in [9.17, 15) is 4.79 Å². The van der Waals surface area contributed by atoms with Crippen LogP contribution in [0.3, 0.4) is 0 Å². The Labute approximate surface area is 86.2 Å². The largest absolute Gasteiger partial charge is 0.469 e. The molecule has 0 aromatic carbocycles. The summed E-state index contributed by atoms with van der Waals surface area (Å²) in [7, 11) is 1.44. The lowest BCUT2D eigenvalue weighted by Crippen LogP contribution is -2.37. The van der Waals surface area contributed by atoms with Crippen molar-refractivity contribution < 1.29 is 9.53 Å². The van der Waals surface area contributed by atoms with E-state index in [0.29, 0.717) is 11.8 Å². The molecule has 0 aliphatic heterocycles. The van der Waals surface area contributed by atoms with Crippen molar-refractivity contribution in [1.29, 1.82) is 0 Å². The fourth-order valence-electron chi connectivity index (χ4n) is 1.81. The molecule has 0 bridgehead atoms. The van der Waals surface area contributed by atoms with Crippen LogP contribution in [0.1, 0.15) is 39.0 Å². The molecule has 0 aromatic heterocycles. The first-order valence-electron chi connectivity index (χ1n) is 5.44. The van der Waals surface area contributed by atoms with Gasteiger partial charge in [-0.2, -0.15) is 0 Å². The first-order valence-corrected chi connectivity index (χ1v) is 5.44. The molecule has 1 saturated carbocycles.